The Morgan fingerprint density at radius 3 is 2.26 bits per heavy atom. The van der Waals surface area contributed by atoms with Gasteiger partial charge in [-0.05, 0) is 97.7 Å². The van der Waals surface area contributed by atoms with Crippen molar-refractivity contribution >= 4 is 11.7 Å². The lowest BCUT2D eigenvalue weighted by Gasteiger charge is -2.15. The summed E-state index contributed by atoms with van der Waals surface area (Å²) in [5.41, 5.74) is 9.23. The minimum absolute atomic E-state index is 0.124. The normalized spacial score (nSPS) is 11.8. The summed E-state index contributed by atoms with van der Waals surface area (Å²) in [5, 5.41) is 3.47. The molecule has 3 rings (SSSR count). The largest absolute Gasteiger partial charge is 0.464 e. The molecule has 204 valence electrons. The highest BCUT2D eigenvalue weighted by Gasteiger charge is 2.18. The molecule has 1 unspecified atom stereocenters. The predicted octanol–water partition coefficient (Wildman–Crippen LogP) is 6.97. The van der Waals surface area contributed by atoms with Crippen molar-refractivity contribution < 1.29 is 23.4 Å². The number of alkyl halides is 1. The zero-order valence-corrected chi connectivity index (χ0v) is 23.0. The van der Waals surface area contributed by atoms with Gasteiger partial charge in [-0.2, -0.15) is 0 Å². The van der Waals surface area contributed by atoms with Crippen LogP contribution in [0.3, 0.4) is 0 Å². The molecule has 0 heterocycles. The van der Waals surface area contributed by atoms with E-state index >= 15 is 0 Å². The van der Waals surface area contributed by atoms with Gasteiger partial charge >= 0.3 is 5.97 Å². The average Bonchev–Trinajstić information content (AvgIpc) is 2.91. The smallest absolute Gasteiger partial charge is 0.340 e. The molecule has 3 aromatic carbocycles. The van der Waals surface area contributed by atoms with Gasteiger partial charge in [-0.25, -0.2) is 9.18 Å². The molecule has 0 fully saturated rings. The van der Waals surface area contributed by atoms with Gasteiger partial charge < -0.3 is 19.5 Å². The summed E-state index contributed by atoms with van der Waals surface area (Å²) >= 11 is 0. The molecule has 0 radical (unpaired) electrons. The van der Waals surface area contributed by atoms with Gasteiger partial charge in [0.25, 0.3) is 0 Å². The van der Waals surface area contributed by atoms with Gasteiger partial charge in [-0.15, -0.1) is 0 Å². The monoisotopic (exact) mass is 521 g/mol. The molecule has 1 atom stereocenters. The Morgan fingerprint density at radius 2 is 1.58 bits per heavy atom. The van der Waals surface area contributed by atoms with Crippen LogP contribution < -0.4 is 5.32 Å². The predicted molar refractivity (Wildman–Crippen MR) is 151 cm³/mol. The first-order chi connectivity index (χ1) is 18.4. The highest BCUT2D eigenvalue weighted by molar-refractivity contribution is 5.74. The lowest BCUT2D eigenvalue weighted by Crippen LogP contribution is -2.19. The molecule has 0 saturated carbocycles. The van der Waals surface area contributed by atoms with Gasteiger partial charge in [-0.1, -0.05) is 42.5 Å². The maximum Gasteiger partial charge on any atom is 0.340 e. The number of hydrogen-bond acceptors (Lipinski definition) is 5. The zero-order chi connectivity index (χ0) is 27.3. The van der Waals surface area contributed by atoms with Crippen LogP contribution in [0.4, 0.5) is 10.1 Å². The summed E-state index contributed by atoms with van der Waals surface area (Å²) in [6.45, 7) is 11.3. The van der Waals surface area contributed by atoms with Crippen molar-refractivity contribution in [3.05, 3.63) is 88.5 Å². The minimum atomic E-state index is -1.58. The summed E-state index contributed by atoms with van der Waals surface area (Å²) in [7, 11) is 0. The Morgan fingerprint density at radius 1 is 0.868 bits per heavy atom. The molecule has 3 aromatic rings. The Hall–Kier alpha value is -3.22. The third-order valence-electron chi connectivity index (χ3n) is 6.33. The van der Waals surface area contributed by atoms with Gasteiger partial charge in [0.05, 0.1) is 26.4 Å². The van der Waals surface area contributed by atoms with Crippen molar-refractivity contribution in [1.82, 2.24) is 0 Å². The number of carbonyl (C=O) groups is 1. The van der Waals surface area contributed by atoms with E-state index in [4.69, 9.17) is 14.2 Å². The second-order valence-corrected chi connectivity index (χ2v) is 9.36. The van der Waals surface area contributed by atoms with E-state index in [-0.39, 0.29) is 13.0 Å². The van der Waals surface area contributed by atoms with Crippen molar-refractivity contribution in [1.29, 1.82) is 0 Å². The third kappa shape index (κ3) is 8.96. The van der Waals surface area contributed by atoms with E-state index in [1.165, 1.54) is 33.4 Å². The minimum Gasteiger partial charge on any atom is -0.464 e. The highest BCUT2D eigenvalue weighted by atomic mass is 19.1. The number of aryl methyl sites for hydroxylation is 3. The second-order valence-electron chi connectivity index (χ2n) is 9.36. The van der Waals surface area contributed by atoms with E-state index in [0.717, 1.165) is 11.3 Å². The molecule has 1 N–H and O–H groups in total. The lowest BCUT2D eigenvalue weighted by molar-refractivity contribution is -0.149. The van der Waals surface area contributed by atoms with Gasteiger partial charge in [0.15, 0.2) is 6.17 Å². The number of esters is 1. The van der Waals surface area contributed by atoms with Crippen molar-refractivity contribution in [2.45, 2.75) is 59.9 Å². The van der Waals surface area contributed by atoms with E-state index in [0.29, 0.717) is 39.4 Å². The fourth-order valence-electron chi connectivity index (χ4n) is 4.52. The van der Waals surface area contributed by atoms with Crippen LogP contribution in [0.2, 0.25) is 0 Å². The van der Waals surface area contributed by atoms with Gasteiger partial charge in [0.2, 0.25) is 0 Å². The molecule has 0 saturated heterocycles. The van der Waals surface area contributed by atoms with Gasteiger partial charge in [0, 0.05) is 18.8 Å². The zero-order valence-electron chi connectivity index (χ0n) is 23.0. The Kier molecular flexibility index (Phi) is 11.8. The Bertz CT molecular complexity index is 1140. The van der Waals surface area contributed by atoms with Crippen molar-refractivity contribution in [2.75, 3.05) is 31.7 Å². The maximum atomic E-state index is 13.9. The first-order valence-corrected chi connectivity index (χ1v) is 13.4. The highest BCUT2D eigenvalue weighted by Crippen LogP contribution is 2.29. The fourth-order valence-corrected chi connectivity index (χ4v) is 4.52. The van der Waals surface area contributed by atoms with Crippen molar-refractivity contribution in [2.24, 2.45) is 0 Å². The molecule has 0 spiro atoms. The first kappa shape index (κ1) is 29.3. The van der Waals surface area contributed by atoms with Gasteiger partial charge in [-0.3, -0.25) is 0 Å². The standard InChI is InChI=1S/C32H40FNO4/c1-5-36-16-17-37-22-27-18-23(3)31(24(4)19-27)28-9-7-8-26(20-28)21-34-29-13-10-25(11-14-29)12-15-30(33)32(35)38-6-2/h7-11,13-14,18-20,30,34H,5-6,12,15-17,21-22H2,1-4H3. The molecule has 38 heavy (non-hydrogen) atoms. The number of carbonyl (C=O) groups excluding carboxylic acids is 1. The van der Waals surface area contributed by atoms with Crippen LogP contribution in [0, 0.1) is 13.8 Å². The summed E-state index contributed by atoms with van der Waals surface area (Å²) < 4.78 is 29.7. The number of ether oxygens (including phenoxy) is 3. The average molecular weight is 522 g/mol. The van der Waals surface area contributed by atoms with Crippen LogP contribution >= 0.6 is 0 Å². The third-order valence-corrected chi connectivity index (χ3v) is 6.33. The second kappa shape index (κ2) is 15.3. The SMILES string of the molecule is CCOCCOCc1cc(C)c(-c2cccc(CNc3ccc(CCC(F)C(=O)OCC)cc3)c2)c(C)c1. The van der Waals surface area contributed by atoms with Crippen LogP contribution in [-0.2, 0) is 38.6 Å². The number of nitrogens with one attached hydrogen (secondary N) is 1. The number of halogens is 1. The Balaban J connectivity index is 1.57. The molecule has 0 aliphatic rings. The molecule has 0 aliphatic carbocycles. The molecular formula is C32H40FNO4. The summed E-state index contributed by atoms with van der Waals surface area (Å²) in [4.78, 5) is 11.5. The Labute approximate surface area is 226 Å². The number of hydrogen-bond donors (Lipinski definition) is 1. The summed E-state index contributed by atoms with van der Waals surface area (Å²) in [5.74, 6) is -0.781. The summed E-state index contributed by atoms with van der Waals surface area (Å²) in [6, 6.07) is 20.9. The van der Waals surface area contributed by atoms with E-state index in [1.54, 1.807) is 6.92 Å². The van der Waals surface area contributed by atoms with E-state index < -0.39 is 12.1 Å². The van der Waals surface area contributed by atoms with Crippen molar-refractivity contribution in [3.8, 4) is 11.1 Å². The van der Waals surface area contributed by atoms with Crippen LogP contribution in [-0.4, -0.2) is 38.6 Å². The molecule has 0 aromatic heterocycles. The molecule has 0 aliphatic heterocycles. The molecular weight excluding hydrogens is 481 g/mol. The van der Waals surface area contributed by atoms with Crippen molar-refractivity contribution in [3.63, 3.8) is 0 Å². The summed E-state index contributed by atoms with van der Waals surface area (Å²) in [6.07, 6.45) is -0.972. The topological polar surface area (TPSA) is 56.8 Å². The van der Waals surface area contributed by atoms with Crippen LogP contribution in [0.1, 0.15) is 48.1 Å². The van der Waals surface area contributed by atoms with Crippen LogP contribution in [0.5, 0.6) is 0 Å². The molecule has 0 bridgehead atoms. The van der Waals surface area contributed by atoms with E-state index in [1.807, 2.05) is 31.2 Å². The number of anilines is 1. The van der Waals surface area contributed by atoms with E-state index in [2.05, 4.69) is 55.6 Å². The maximum absolute atomic E-state index is 13.9. The van der Waals surface area contributed by atoms with Crippen LogP contribution in [0.15, 0.2) is 60.7 Å². The van der Waals surface area contributed by atoms with Crippen LogP contribution in [0.25, 0.3) is 11.1 Å². The molecule has 5 nitrogen and oxygen atoms in total. The molecule has 0 amide bonds. The lowest BCUT2D eigenvalue weighted by atomic mass is 9.93. The fraction of sp³-hybridized carbons (Fsp3) is 0.406. The number of rotatable bonds is 15. The van der Waals surface area contributed by atoms with E-state index in [9.17, 15) is 9.18 Å². The first-order valence-electron chi connectivity index (χ1n) is 13.4. The number of benzene rings is 3. The van der Waals surface area contributed by atoms with Gasteiger partial charge in [0.1, 0.15) is 0 Å². The quantitative estimate of drug-likeness (QED) is 0.173. The molecule has 6 heteroatoms.